The molecule has 4 rings (SSSR count). The number of hydrogen-bond donors (Lipinski definition) is 7. The maximum absolute atomic E-state index is 12.1. The molecule has 258 valence electrons. The van der Waals surface area contributed by atoms with Crippen LogP contribution in [-0.2, 0) is 19.2 Å². The standard InChI is InChI=1S/C28H33N3O4.C6H8O7/c1-34-25-17-20(18-26(35-2)28(25)33)7-3-6-10-27(32)29-13-16-31-14-11-21(12-15-31)23-19-30-24-9-5-4-8-22(23)24;7-3(8)1-6(13,5(11)12)2-4(9)10/h3-10,17-19,21,30,33H,11-16H2,1-2H3,(H,29,32);13H,1-2H2,(H,7,8)(H,9,10)(H,11,12)/b7-3+,10-6+;. The largest absolute Gasteiger partial charge is 0.502 e. The third kappa shape index (κ3) is 10.6. The van der Waals surface area contributed by atoms with Gasteiger partial charge in [-0.3, -0.25) is 14.4 Å². The van der Waals surface area contributed by atoms with Gasteiger partial charge in [0.05, 0.1) is 27.1 Å². The monoisotopic (exact) mass is 667 g/mol. The van der Waals surface area contributed by atoms with Crippen molar-refractivity contribution in [2.45, 2.75) is 37.2 Å². The molecule has 0 bridgehead atoms. The number of phenolic OH excluding ortho intramolecular Hbond substituents is 1. The van der Waals surface area contributed by atoms with E-state index in [2.05, 4.69) is 45.7 Å². The number of aliphatic hydroxyl groups is 1. The summed E-state index contributed by atoms with van der Waals surface area (Å²) in [4.78, 5) is 48.4. The summed E-state index contributed by atoms with van der Waals surface area (Å²) in [5.74, 6) is -3.93. The number of nitrogens with one attached hydrogen (secondary N) is 2. The first kappa shape index (κ1) is 37.1. The highest BCUT2D eigenvalue weighted by Gasteiger charge is 2.40. The van der Waals surface area contributed by atoms with Gasteiger partial charge in [-0.05, 0) is 61.2 Å². The molecule has 14 nitrogen and oxygen atoms in total. The van der Waals surface area contributed by atoms with E-state index in [1.54, 1.807) is 24.3 Å². The number of amides is 1. The molecule has 14 heteroatoms. The number of nitrogens with zero attached hydrogens (tertiary/aromatic N) is 1. The minimum absolute atomic E-state index is 0.0377. The molecule has 0 atom stereocenters. The number of likely N-dealkylation sites (tertiary alicyclic amines) is 1. The van der Waals surface area contributed by atoms with Gasteiger partial charge in [-0.2, -0.15) is 0 Å². The number of ether oxygens (including phenoxy) is 2. The molecule has 0 spiro atoms. The highest BCUT2D eigenvalue weighted by Crippen LogP contribution is 2.37. The molecule has 0 saturated carbocycles. The number of fused-ring (bicyclic) bond motifs is 1. The van der Waals surface area contributed by atoms with Gasteiger partial charge in [0.25, 0.3) is 0 Å². The van der Waals surface area contributed by atoms with E-state index in [1.807, 2.05) is 6.08 Å². The molecule has 0 radical (unpaired) electrons. The number of aliphatic carboxylic acids is 3. The molecule has 1 amide bonds. The van der Waals surface area contributed by atoms with Crippen molar-refractivity contribution in [1.82, 2.24) is 15.2 Å². The van der Waals surface area contributed by atoms with E-state index < -0.39 is 36.4 Å². The third-order valence-corrected chi connectivity index (χ3v) is 7.81. The number of phenols is 1. The SMILES string of the molecule is COc1cc(/C=C/C=C/C(=O)NCCN2CCC(c3c[nH]c4ccccc34)CC2)cc(OC)c1O.O=C(O)CC(O)(CC(=O)O)C(=O)O. The fourth-order valence-electron chi connectivity index (χ4n) is 5.33. The van der Waals surface area contributed by atoms with Crippen LogP contribution >= 0.6 is 0 Å². The van der Waals surface area contributed by atoms with Crippen LogP contribution in [0.15, 0.2) is 60.8 Å². The second-order valence-electron chi connectivity index (χ2n) is 11.2. The molecule has 1 aliphatic rings. The van der Waals surface area contributed by atoms with E-state index in [0.717, 1.165) is 38.0 Å². The van der Waals surface area contributed by atoms with Gasteiger partial charge in [0.15, 0.2) is 17.1 Å². The summed E-state index contributed by atoms with van der Waals surface area (Å²) in [6, 6.07) is 11.9. The highest BCUT2D eigenvalue weighted by molar-refractivity contribution is 5.88. The van der Waals surface area contributed by atoms with Gasteiger partial charge in [-0.1, -0.05) is 36.4 Å². The summed E-state index contributed by atoms with van der Waals surface area (Å²) >= 11 is 0. The van der Waals surface area contributed by atoms with Crippen molar-refractivity contribution in [3.05, 3.63) is 72.0 Å². The minimum atomic E-state index is -2.74. The Kier molecular flexibility index (Phi) is 13.6. The van der Waals surface area contributed by atoms with Gasteiger partial charge < -0.3 is 50.2 Å². The number of aromatic hydroxyl groups is 1. The Labute approximate surface area is 276 Å². The lowest BCUT2D eigenvalue weighted by Crippen LogP contribution is -2.42. The number of carboxylic acid groups (broad SMARTS) is 3. The van der Waals surface area contributed by atoms with E-state index in [-0.39, 0.29) is 11.7 Å². The summed E-state index contributed by atoms with van der Waals surface area (Å²) in [7, 11) is 2.97. The van der Waals surface area contributed by atoms with Gasteiger partial charge in [0, 0.05) is 36.3 Å². The van der Waals surface area contributed by atoms with Gasteiger partial charge >= 0.3 is 17.9 Å². The Balaban J connectivity index is 0.000000408. The summed E-state index contributed by atoms with van der Waals surface area (Å²) in [5, 5.41) is 48.1. The summed E-state index contributed by atoms with van der Waals surface area (Å²) in [6.45, 7) is 3.55. The first-order chi connectivity index (χ1) is 22.9. The van der Waals surface area contributed by atoms with E-state index in [0.29, 0.717) is 24.0 Å². The van der Waals surface area contributed by atoms with Crippen LogP contribution in [0, 0.1) is 0 Å². The lowest BCUT2D eigenvalue weighted by molar-refractivity contribution is -0.170. The number of para-hydroxylation sites is 1. The van der Waals surface area contributed by atoms with Gasteiger partial charge in [-0.25, -0.2) is 4.79 Å². The Bertz CT molecular complexity index is 1600. The molecule has 1 aromatic heterocycles. The van der Waals surface area contributed by atoms with Crippen LogP contribution in [0.5, 0.6) is 17.2 Å². The van der Waals surface area contributed by atoms with Crippen molar-refractivity contribution in [2.75, 3.05) is 40.4 Å². The van der Waals surface area contributed by atoms with Crippen LogP contribution in [0.3, 0.4) is 0 Å². The number of allylic oxidation sites excluding steroid dienone is 2. The minimum Gasteiger partial charge on any atom is -0.502 e. The van der Waals surface area contributed by atoms with Crippen molar-refractivity contribution in [3.8, 4) is 17.2 Å². The van der Waals surface area contributed by atoms with Crippen molar-refractivity contribution < 1.29 is 54.2 Å². The molecule has 1 fully saturated rings. The Morgan fingerprint density at radius 2 is 1.58 bits per heavy atom. The van der Waals surface area contributed by atoms with Gasteiger partial charge in [0.1, 0.15) is 0 Å². The molecule has 7 N–H and O–H groups in total. The molecule has 0 unspecified atom stereocenters. The summed E-state index contributed by atoms with van der Waals surface area (Å²) in [5.41, 5.74) is 0.684. The Morgan fingerprint density at radius 3 is 2.15 bits per heavy atom. The van der Waals surface area contributed by atoms with E-state index >= 15 is 0 Å². The molecular formula is C34H41N3O11. The van der Waals surface area contributed by atoms with Crippen molar-refractivity contribution in [3.63, 3.8) is 0 Å². The topological polar surface area (TPSA) is 219 Å². The van der Waals surface area contributed by atoms with Crippen LogP contribution < -0.4 is 14.8 Å². The molecule has 2 heterocycles. The number of piperidine rings is 1. The molecule has 1 aliphatic heterocycles. The quantitative estimate of drug-likeness (QED) is 0.0974. The zero-order chi connectivity index (χ0) is 35.3. The van der Waals surface area contributed by atoms with Gasteiger partial charge in [0.2, 0.25) is 11.7 Å². The number of H-pyrrole nitrogens is 1. The van der Waals surface area contributed by atoms with E-state index in [1.165, 1.54) is 36.8 Å². The second-order valence-corrected chi connectivity index (χ2v) is 11.2. The lowest BCUT2D eigenvalue weighted by Gasteiger charge is -2.31. The first-order valence-electron chi connectivity index (χ1n) is 15.1. The van der Waals surface area contributed by atoms with Crippen molar-refractivity contribution >= 4 is 40.8 Å². The molecule has 3 aromatic rings. The molecular weight excluding hydrogens is 626 g/mol. The summed E-state index contributed by atoms with van der Waals surface area (Å²) in [6.07, 6.45) is 8.92. The smallest absolute Gasteiger partial charge is 0.336 e. The Morgan fingerprint density at radius 1 is 0.979 bits per heavy atom. The van der Waals surface area contributed by atoms with Gasteiger partial charge in [-0.15, -0.1) is 0 Å². The number of methoxy groups -OCH3 is 2. The van der Waals surface area contributed by atoms with Crippen LogP contribution in [0.1, 0.15) is 42.7 Å². The predicted octanol–water partition coefficient (Wildman–Crippen LogP) is 3.21. The van der Waals surface area contributed by atoms with Crippen molar-refractivity contribution in [2.24, 2.45) is 0 Å². The fraction of sp³-hybridized carbons (Fsp3) is 0.353. The van der Waals surface area contributed by atoms with Crippen LogP contribution in [0.25, 0.3) is 17.0 Å². The maximum Gasteiger partial charge on any atom is 0.336 e. The van der Waals surface area contributed by atoms with Crippen LogP contribution in [0.4, 0.5) is 0 Å². The van der Waals surface area contributed by atoms with Crippen LogP contribution in [-0.4, -0.2) is 105 Å². The zero-order valence-corrected chi connectivity index (χ0v) is 26.7. The lowest BCUT2D eigenvalue weighted by atomic mass is 9.89. The number of aromatic amines is 1. The number of rotatable bonds is 14. The number of carboxylic acids is 3. The third-order valence-electron chi connectivity index (χ3n) is 7.81. The number of aromatic nitrogens is 1. The van der Waals surface area contributed by atoms with E-state index in [4.69, 9.17) is 29.9 Å². The highest BCUT2D eigenvalue weighted by atomic mass is 16.5. The maximum atomic E-state index is 12.1. The van der Waals surface area contributed by atoms with Crippen LogP contribution in [0.2, 0.25) is 0 Å². The molecule has 48 heavy (non-hydrogen) atoms. The molecule has 2 aromatic carbocycles. The molecule has 1 saturated heterocycles. The molecule has 0 aliphatic carbocycles. The number of benzene rings is 2. The first-order valence-corrected chi connectivity index (χ1v) is 15.1. The average Bonchev–Trinajstić information content (AvgIpc) is 3.48. The fourth-order valence-corrected chi connectivity index (χ4v) is 5.33. The summed E-state index contributed by atoms with van der Waals surface area (Å²) < 4.78 is 10.3. The number of hydrogen-bond acceptors (Lipinski definition) is 9. The second kappa shape index (κ2) is 17.5. The zero-order valence-electron chi connectivity index (χ0n) is 26.7. The van der Waals surface area contributed by atoms with Crippen molar-refractivity contribution in [1.29, 1.82) is 0 Å². The predicted molar refractivity (Wildman–Crippen MR) is 176 cm³/mol. The number of carbonyl (C=O) groups is 4. The normalized spacial score (nSPS) is 14.1. The average molecular weight is 668 g/mol. The van der Waals surface area contributed by atoms with E-state index in [9.17, 15) is 24.3 Å². The number of carbonyl (C=O) groups excluding carboxylic acids is 1. The Hall–Kier alpha value is -5.34.